The molecule has 2 heteroatoms. The number of hydrogen-bond donors (Lipinski definition) is 0. The van der Waals surface area contributed by atoms with Crippen molar-refractivity contribution in [1.29, 1.82) is 0 Å². The van der Waals surface area contributed by atoms with Crippen molar-refractivity contribution in [3.8, 4) is 5.75 Å². The molecule has 0 fully saturated rings. The maximum atomic E-state index is 11.6. The monoisotopic (exact) mass is 294 g/mol. The van der Waals surface area contributed by atoms with E-state index < -0.39 is 0 Å². The summed E-state index contributed by atoms with van der Waals surface area (Å²) in [5.74, 6) is 0.907. The van der Waals surface area contributed by atoms with E-state index in [9.17, 15) is 4.79 Å². The van der Waals surface area contributed by atoms with E-state index >= 15 is 0 Å². The molecule has 0 saturated heterocycles. The molecule has 0 aromatic heterocycles. The number of carbonyl (C=O) groups excluding carboxylic acids is 1. The van der Waals surface area contributed by atoms with Gasteiger partial charge in [0.1, 0.15) is 18.1 Å². The Morgan fingerprint density at radius 2 is 1.91 bits per heavy atom. The SMILES string of the molecule is C=C[C@@H](c1cccc(OCc2ccccc2)c1)[C@@H](C)C(C)=O. The standard InChI is InChI=1S/C20H22O2/c1-4-20(15(2)16(3)21)18-11-8-12-19(13-18)22-14-17-9-6-5-7-10-17/h4-13,15,20H,1,14H2,2-3H3/t15-,20+/m0/s1. The Morgan fingerprint density at radius 1 is 1.18 bits per heavy atom. The Balaban J connectivity index is 2.12. The van der Waals surface area contributed by atoms with Crippen molar-refractivity contribution in [2.75, 3.05) is 0 Å². The minimum atomic E-state index is -0.0816. The first kappa shape index (κ1) is 16.0. The van der Waals surface area contributed by atoms with Crippen LogP contribution in [0.3, 0.4) is 0 Å². The smallest absolute Gasteiger partial charge is 0.133 e. The van der Waals surface area contributed by atoms with Crippen LogP contribution in [0.25, 0.3) is 0 Å². The van der Waals surface area contributed by atoms with Crippen molar-refractivity contribution in [1.82, 2.24) is 0 Å². The molecular formula is C20H22O2. The Hall–Kier alpha value is -2.35. The van der Waals surface area contributed by atoms with E-state index in [1.54, 1.807) is 6.92 Å². The maximum absolute atomic E-state index is 11.6. The van der Waals surface area contributed by atoms with Crippen LogP contribution in [0, 0.1) is 5.92 Å². The van der Waals surface area contributed by atoms with Gasteiger partial charge in [-0.2, -0.15) is 0 Å². The molecule has 0 aliphatic rings. The number of carbonyl (C=O) groups is 1. The number of benzene rings is 2. The summed E-state index contributed by atoms with van der Waals surface area (Å²) in [5, 5.41) is 0. The molecular weight excluding hydrogens is 272 g/mol. The number of allylic oxidation sites excluding steroid dienone is 1. The van der Waals surface area contributed by atoms with Gasteiger partial charge in [-0.05, 0) is 30.2 Å². The van der Waals surface area contributed by atoms with Gasteiger partial charge in [0.2, 0.25) is 0 Å². The van der Waals surface area contributed by atoms with Gasteiger partial charge in [-0.3, -0.25) is 4.79 Å². The van der Waals surface area contributed by atoms with Crippen LogP contribution in [-0.2, 0) is 11.4 Å². The first-order valence-electron chi connectivity index (χ1n) is 7.51. The molecule has 2 nitrogen and oxygen atoms in total. The van der Waals surface area contributed by atoms with E-state index in [0.717, 1.165) is 16.9 Å². The third-order valence-electron chi connectivity index (χ3n) is 3.93. The summed E-state index contributed by atoms with van der Waals surface area (Å²) in [5.41, 5.74) is 2.19. The van der Waals surface area contributed by atoms with Crippen molar-refractivity contribution >= 4 is 5.78 Å². The van der Waals surface area contributed by atoms with Crippen LogP contribution in [0.4, 0.5) is 0 Å². The van der Waals surface area contributed by atoms with Crippen LogP contribution >= 0.6 is 0 Å². The van der Waals surface area contributed by atoms with E-state index in [1.165, 1.54) is 0 Å². The van der Waals surface area contributed by atoms with Gasteiger partial charge in [-0.15, -0.1) is 6.58 Å². The molecule has 22 heavy (non-hydrogen) atoms. The Kier molecular flexibility index (Phi) is 5.54. The summed E-state index contributed by atoms with van der Waals surface area (Å²) in [6.07, 6.45) is 1.84. The molecule has 0 unspecified atom stereocenters. The van der Waals surface area contributed by atoms with Crippen LogP contribution in [0.2, 0.25) is 0 Å². The lowest BCUT2D eigenvalue weighted by Crippen LogP contribution is -2.15. The number of Topliss-reactive ketones (excluding diaryl/α,β-unsaturated/α-hetero) is 1. The minimum Gasteiger partial charge on any atom is -0.489 e. The molecule has 2 aromatic rings. The first-order valence-corrected chi connectivity index (χ1v) is 7.51. The van der Waals surface area contributed by atoms with Gasteiger partial charge in [0, 0.05) is 11.8 Å². The van der Waals surface area contributed by atoms with E-state index in [2.05, 4.69) is 6.58 Å². The Labute approximate surface area is 132 Å². The Morgan fingerprint density at radius 3 is 2.55 bits per heavy atom. The van der Waals surface area contributed by atoms with E-state index in [1.807, 2.05) is 67.6 Å². The maximum Gasteiger partial charge on any atom is 0.133 e. The van der Waals surface area contributed by atoms with Crippen LogP contribution in [-0.4, -0.2) is 5.78 Å². The van der Waals surface area contributed by atoms with Gasteiger partial charge in [0.25, 0.3) is 0 Å². The second-order valence-corrected chi connectivity index (χ2v) is 5.51. The summed E-state index contributed by atoms with van der Waals surface area (Å²) in [6, 6.07) is 18.0. The van der Waals surface area contributed by atoms with Crippen molar-refractivity contribution in [3.05, 3.63) is 78.4 Å². The fourth-order valence-electron chi connectivity index (χ4n) is 2.43. The predicted octanol–water partition coefficient (Wildman–Crippen LogP) is 4.76. The summed E-state index contributed by atoms with van der Waals surface area (Å²) in [6.45, 7) is 7.96. The molecule has 0 N–H and O–H groups in total. The van der Waals surface area contributed by atoms with Crippen molar-refractivity contribution in [3.63, 3.8) is 0 Å². The molecule has 2 rings (SSSR count). The lowest BCUT2D eigenvalue weighted by atomic mass is 9.85. The molecule has 0 saturated carbocycles. The topological polar surface area (TPSA) is 26.3 Å². The van der Waals surface area contributed by atoms with Gasteiger partial charge in [-0.1, -0.05) is 55.5 Å². The fraction of sp³-hybridized carbons (Fsp3) is 0.250. The third kappa shape index (κ3) is 4.08. The lowest BCUT2D eigenvalue weighted by molar-refractivity contribution is -0.120. The molecule has 0 heterocycles. The molecule has 0 aliphatic heterocycles. The molecule has 2 aromatic carbocycles. The van der Waals surface area contributed by atoms with E-state index in [-0.39, 0.29) is 17.6 Å². The number of ether oxygens (including phenoxy) is 1. The van der Waals surface area contributed by atoms with Gasteiger partial charge in [-0.25, -0.2) is 0 Å². The zero-order valence-electron chi connectivity index (χ0n) is 13.2. The molecule has 0 bridgehead atoms. The van der Waals surface area contributed by atoms with Gasteiger partial charge >= 0.3 is 0 Å². The fourth-order valence-corrected chi connectivity index (χ4v) is 2.43. The Bertz CT molecular complexity index is 631. The van der Waals surface area contributed by atoms with Crippen LogP contribution in [0.15, 0.2) is 67.3 Å². The lowest BCUT2D eigenvalue weighted by Gasteiger charge is -2.19. The summed E-state index contributed by atoms with van der Waals surface area (Å²) >= 11 is 0. The van der Waals surface area contributed by atoms with Crippen LogP contribution in [0.5, 0.6) is 5.75 Å². The predicted molar refractivity (Wildman–Crippen MR) is 90.0 cm³/mol. The average Bonchev–Trinajstić information content (AvgIpc) is 2.55. The quantitative estimate of drug-likeness (QED) is 0.688. The summed E-state index contributed by atoms with van der Waals surface area (Å²) < 4.78 is 5.85. The van der Waals surface area contributed by atoms with Gasteiger partial charge in [0.05, 0.1) is 0 Å². The zero-order valence-corrected chi connectivity index (χ0v) is 13.2. The number of rotatable bonds is 7. The van der Waals surface area contributed by atoms with Gasteiger partial charge in [0.15, 0.2) is 0 Å². The summed E-state index contributed by atoms with van der Waals surface area (Å²) in [4.78, 5) is 11.6. The normalized spacial score (nSPS) is 13.2. The highest BCUT2D eigenvalue weighted by Gasteiger charge is 2.20. The van der Waals surface area contributed by atoms with Gasteiger partial charge < -0.3 is 4.74 Å². The van der Waals surface area contributed by atoms with Crippen LogP contribution < -0.4 is 4.74 Å². The largest absolute Gasteiger partial charge is 0.489 e. The number of ketones is 1. The zero-order chi connectivity index (χ0) is 15.9. The van der Waals surface area contributed by atoms with Crippen LogP contribution in [0.1, 0.15) is 30.9 Å². The average molecular weight is 294 g/mol. The third-order valence-corrected chi connectivity index (χ3v) is 3.93. The second-order valence-electron chi connectivity index (χ2n) is 5.51. The number of hydrogen-bond acceptors (Lipinski definition) is 2. The molecule has 0 amide bonds. The minimum absolute atomic E-state index is 0.0118. The summed E-state index contributed by atoms with van der Waals surface area (Å²) in [7, 11) is 0. The van der Waals surface area contributed by atoms with Crippen molar-refractivity contribution in [2.45, 2.75) is 26.4 Å². The molecule has 2 atom stereocenters. The molecule has 114 valence electrons. The molecule has 0 radical (unpaired) electrons. The van der Waals surface area contributed by atoms with Crippen molar-refractivity contribution < 1.29 is 9.53 Å². The van der Waals surface area contributed by atoms with E-state index in [4.69, 9.17) is 4.74 Å². The molecule has 0 aliphatic carbocycles. The highest BCUT2D eigenvalue weighted by molar-refractivity contribution is 5.79. The highest BCUT2D eigenvalue weighted by Crippen LogP contribution is 2.29. The van der Waals surface area contributed by atoms with E-state index in [0.29, 0.717) is 6.61 Å². The van der Waals surface area contributed by atoms with Crippen molar-refractivity contribution in [2.24, 2.45) is 5.92 Å². The molecule has 0 spiro atoms. The highest BCUT2D eigenvalue weighted by atomic mass is 16.5. The first-order chi connectivity index (χ1) is 10.6. The second kappa shape index (κ2) is 7.60.